The summed E-state index contributed by atoms with van der Waals surface area (Å²) in [6.45, 7) is 6.31. The van der Waals surface area contributed by atoms with Gasteiger partial charge in [0.15, 0.2) is 0 Å². The summed E-state index contributed by atoms with van der Waals surface area (Å²) in [6, 6.07) is 8.42. The number of ether oxygens (including phenoxy) is 1. The first kappa shape index (κ1) is 11.8. The molecule has 0 aliphatic carbocycles. The average Bonchev–Trinajstić information content (AvgIpc) is 2.39. The molecule has 0 spiro atoms. The van der Waals surface area contributed by atoms with E-state index in [1.807, 2.05) is 0 Å². The maximum atomic E-state index is 6.10. The van der Waals surface area contributed by atoms with Crippen LogP contribution in [0.15, 0.2) is 24.3 Å². The van der Waals surface area contributed by atoms with Crippen molar-refractivity contribution in [3.8, 4) is 5.75 Å². The van der Waals surface area contributed by atoms with Crippen LogP contribution in [0.1, 0.15) is 0 Å². The van der Waals surface area contributed by atoms with Crippen molar-refractivity contribution in [2.45, 2.75) is 6.10 Å². The van der Waals surface area contributed by atoms with E-state index in [0.29, 0.717) is 6.10 Å². The van der Waals surface area contributed by atoms with E-state index in [1.54, 1.807) is 0 Å². The maximum Gasteiger partial charge on any atom is 0.143 e. The minimum Gasteiger partial charge on any atom is -0.486 e. The number of nitrogens with one attached hydrogen (secondary N) is 1. The van der Waals surface area contributed by atoms with Gasteiger partial charge in [0.2, 0.25) is 0 Å². The molecule has 4 nitrogen and oxygen atoms in total. The average molecular weight is 247 g/mol. The summed E-state index contributed by atoms with van der Waals surface area (Å²) < 4.78 is 6.10. The molecule has 2 heterocycles. The molecular weight excluding hydrogens is 226 g/mol. The molecule has 2 saturated heterocycles. The number of hydrogen-bond donors (Lipinski definition) is 1. The van der Waals surface area contributed by atoms with Crippen molar-refractivity contribution in [2.75, 3.05) is 51.2 Å². The Hall–Kier alpha value is -1.26. The molecule has 98 valence electrons. The molecule has 0 atom stereocenters. The van der Waals surface area contributed by atoms with Crippen molar-refractivity contribution in [1.29, 1.82) is 0 Å². The second-order valence-corrected chi connectivity index (χ2v) is 5.17. The van der Waals surface area contributed by atoms with Crippen LogP contribution in [0.2, 0.25) is 0 Å². The number of anilines is 1. The van der Waals surface area contributed by atoms with Crippen LogP contribution in [0.25, 0.3) is 0 Å². The molecule has 1 aromatic rings. The predicted octanol–water partition coefficient (Wildman–Crippen LogP) is 0.789. The van der Waals surface area contributed by atoms with Crippen LogP contribution < -0.4 is 15.0 Å². The van der Waals surface area contributed by atoms with Gasteiger partial charge in [0.1, 0.15) is 11.9 Å². The third-order valence-corrected chi connectivity index (χ3v) is 3.65. The standard InChI is InChI=1S/C14H21N3O/c1-16-10-12(11-16)18-14-5-3-2-4-13(14)17-8-6-15-7-9-17/h2-5,12,15H,6-11H2,1H3. The molecule has 0 saturated carbocycles. The molecule has 0 unspecified atom stereocenters. The van der Waals surface area contributed by atoms with Crippen LogP contribution in [0.5, 0.6) is 5.75 Å². The Morgan fingerprint density at radius 3 is 2.61 bits per heavy atom. The quantitative estimate of drug-likeness (QED) is 0.854. The van der Waals surface area contributed by atoms with Gasteiger partial charge >= 0.3 is 0 Å². The Bertz CT molecular complexity index is 398. The summed E-state index contributed by atoms with van der Waals surface area (Å²) in [7, 11) is 2.13. The summed E-state index contributed by atoms with van der Waals surface area (Å²) in [5, 5.41) is 3.38. The van der Waals surface area contributed by atoms with Gasteiger partial charge < -0.3 is 15.0 Å². The van der Waals surface area contributed by atoms with Gasteiger partial charge in [-0.25, -0.2) is 0 Å². The molecule has 2 fully saturated rings. The summed E-state index contributed by atoms with van der Waals surface area (Å²) in [4.78, 5) is 4.69. The Kier molecular flexibility index (Phi) is 3.39. The van der Waals surface area contributed by atoms with E-state index in [-0.39, 0.29) is 0 Å². The molecule has 4 heteroatoms. The second kappa shape index (κ2) is 5.16. The minimum absolute atomic E-state index is 0.360. The predicted molar refractivity (Wildman–Crippen MR) is 73.4 cm³/mol. The van der Waals surface area contributed by atoms with E-state index >= 15 is 0 Å². The lowest BCUT2D eigenvalue weighted by Crippen LogP contribution is -2.51. The number of piperazine rings is 1. The largest absolute Gasteiger partial charge is 0.486 e. The Balaban J connectivity index is 1.72. The van der Waals surface area contributed by atoms with Crippen LogP contribution >= 0.6 is 0 Å². The summed E-state index contributed by atoms with van der Waals surface area (Å²) in [6.07, 6.45) is 0.360. The summed E-state index contributed by atoms with van der Waals surface area (Å²) >= 11 is 0. The zero-order chi connectivity index (χ0) is 12.4. The van der Waals surface area contributed by atoms with Crippen molar-refractivity contribution in [2.24, 2.45) is 0 Å². The Morgan fingerprint density at radius 1 is 1.17 bits per heavy atom. The van der Waals surface area contributed by atoms with E-state index in [4.69, 9.17) is 4.74 Å². The van der Waals surface area contributed by atoms with E-state index < -0.39 is 0 Å². The molecule has 0 amide bonds. The van der Waals surface area contributed by atoms with Gasteiger partial charge in [-0.05, 0) is 19.2 Å². The van der Waals surface area contributed by atoms with Crippen molar-refractivity contribution in [3.05, 3.63) is 24.3 Å². The van der Waals surface area contributed by atoms with Gasteiger partial charge in [-0.3, -0.25) is 4.90 Å². The van der Waals surface area contributed by atoms with Crippen LogP contribution in [0.3, 0.4) is 0 Å². The fourth-order valence-electron chi connectivity index (χ4n) is 2.62. The minimum atomic E-state index is 0.360. The van der Waals surface area contributed by atoms with Crippen molar-refractivity contribution < 1.29 is 4.74 Å². The third kappa shape index (κ3) is 2.44. The van der Waals surface area contributed by atoms with Crippen molar-refractivity contribution in [1.82, 2.24) is 10.2 Å². The molecule has 0 aromatic heterocycles. The molecule has 0 bridgehead atoms. The highest BCUT2D eigenvalue weighted by molar-refractivity contribution is 5.58. The van der Waals surface area contributed by atoms with Gasteiger partial charge in [-0.1, -0.05) is 12.1 Å². The molecule has 1 N–H and O–H groups in total. The van der Waals surface area contributed by atoms with E-state index in [0.717, 1.165) is 45.0 Å². The Labute approximate surface area is 109 Å². The number of hydrogen-bond acceptors (Lipinski definition) is 4. The van der Waals surface area contributed by atoms with Crippen molar-refractivity contribution >= 4 is 5.69 Å². The van der Waals surface area contributed by atoms with Gasteiger partial charge in [-0.15, -0.1) is 0 Å². The highest BCUT2D eigenvalue weighted by Crippen LogP contribution is 2.30. The van der Waals surface area contributed by atoms with Crippen LogP contribution in [-0.2, 0) is 0 Å². The molecule has 3 rings (SSSR count). The molecular formula is C14H21N3O. The number of rotatable bonds is 3. The topological polar surface area (TPSA) is 27.7 Å². The van der Waals surface area contributed by atoms with Gasteiger partial charge in [0.25, 0.3) is 0 Å². The first-order valence-electron chi connectivity index (χ1n) is 6.73. The number of likely N-dealkylation sites (N-methyl/N-ethyl adjacent to an activating group) is 1. The van der Waals surface area contributed by atoms with Gasteiger partial charge in [0.05, 0.1) is 5.69 Å². The summed E-state index contributed by atoms with van der Waals surface area (Å²) in [5.74, 6) is 1.04. The van der Waals surface area contributed by atoms with Crippen molar-refractivity contribution in [3.63, 3.8) is 0 Å². The SMILES string of the molecule is CN1CC(Oc2ccccc2N2CCNCC2)C1. The first-order chi connectivity index (χ1) is 8.83. The number of benzene rings is 1. The zero-order valence-electron chi connectivity index (χ0n) is 10.9. The summed E-state index contributed by atoms with van der Waals surface area (Å²) in [5.41, 5.74) is 1.24. The second-order valence-electron chi connectivity index (χ2n) is 5.17. The fourth-order valence-corrected chi connectivity index (χ4v) is 2.62. The normalized spacial score (nSPS) is 21.7. The maximum absolute atomic E-state index is 6.10. The smallest absolute Gasteiger partial charge is 0.143 e. The highest BCUT2D eigenvalue weighted by Gasteiger charge is 2.26. The van der Waals surface area contributed by atoms with Crippen LogP contribution in [0.4, 0.5) is 5.69 Å². The molecule has 2 aliphatic heterocycles. The monoisotopic (exact) mass is 247 g/mol. The van der Waals surface area contributed by atoms with E-state index in [1.165, 1.54) is 5.69 Å². The van der Waals surface area contributed by atoms with Crippen LogP contribution in [0, 0.1) is 0 Å². The van der Waals surface area contributed by atoms with E-state index in [2.05, 4.69) is 46.4 Å². The lowest BCUT2D eigenvalue weighted by Gasteiger charge is -2.37. The number of likely N-dealkylation sites (tertiary alicyclic amines) is 1. The molecule has 0 radical (unpaired) electrons. The molecule has 2 aliphatic rings. The van der Waals surface area contributed by atoms with E-state index in [9.17, 15) is 0 Å². The number of para-hydroxylation sites is 2. The fraction of sp³-hybridized carbons (Fsp3) is 0.571. The molecule has 1 aromatic carbocycles. The molecule has 18 heavy (non-hydrogen) atoms. The number of nitrogens with zero attached hydrogens (tertiary/aromatic N) is 2. The third-order valence-electron chi connectivity index (χ3n) is 3.65. The lowest BCUT2D eigenvalue weighted by atomic mass is 10.2. The lowest BCUT2D eigenvalue weighted by molar-refractivity contribution is 0.0391. The zero-order valence-corrected chi connectivity index (χ0v) is 10.9. The van der Waals surface area contributed by atoms with Gasteiger partial charge in [-0.2, -0.15) is 0 Å². The first-order valence-corrected chi connectivity index (χ1v) is 6.73. The van der Waals surface area contributed by atoms with Gasteiger partial charge in [0, 0.05) is 39.3 Å². The Morgan fingerprint density at radius 2 is 1.89 bits per heavy atom. The van der Waals surface area contributed by atoms with Crippen LogP contribution in [-0.4, -0.2) is 57.3 Å². The highest BCUT2D eigenvalue weighted by atomic mass is 16.5.